The third-order valence-electron chi connectivity index (χ3n) is 4.64. The van der Waals surface area contributed by atoms with Gasteiger partial charge in [0.05, 0.1) is 12.5 Å². The SMILES string of the molecule is CCCCCCOc1ccc(CC(C)C2CC2C(=O)O)cc1. The van der Waals surface area contributed by atoms with Crippen molar-refractivity contribution in [3.05, 3.63) is 29.8 Å². The molecule has 1 N–H and O–H groups in total. The molecule has 3 nitrogen and oxygen atoms in total. The van der Waals surface area contributed by atoms with Gasteiger partial charge in [-0.25, -0.2) is 0 Å². The van der Waals surface area contributed by atoms with Crippen molar-refractivity contribution in [2.75, 3.05) is 6.61 Å². The maximum Gasteiger partial charge on any atom is 0.306 e. The minimum atomic E-state index is -0.635. The van der Waals surface area contributed by atoms with E-state index in [1.807, 2.05) is 12.1 Å². The van der Waals surface area contributed by atoms with Gasteiger partial charge >= 0.3 is 5.97 Å². The summed E-state index contributed by atoms with van der Waals surface area (Å²) in [4.78, 5) is 10.9. The number of hydrogen-bond acceptors (Lipinski definition) is 2. The van der Waals surface area contributed by atoms with E-state index in [9.17, 15) is 4.79 Å². The fourth-order valence-corrected chi connectivity index (χ4v) is 3.09. The Morgan fingerprint density at radius 3 is 2.59 bits per heavy atom. The second-order valence-corrected chi connectivity index (χ2v) is 6.58. The summed E-state index contributed by atoms with van der Waals surface area (Å²) in [5, 5.41) is 8.99. The van der Waals surface area contributed by atoms with E-state index in [2.05, 4.69) is 26.0 Å². The second kappa shape index (κ2) is 8.21. The lowest BCUT2D eigenvalue weighted by molar-refractivity contribution is -0.139. The number of hydrogen-bond donors (Lipinski definition) is 1. The van der Waals surface area contributed by atoms with Crippen LogP contribution in [0.2, 0.25) is 0 Å². The number of ether oxygens (including phenoxy) is 1. The van der Waals surface area contributed by atoms with Crippen LogP contribution in [0.4, 0.5) is 0 Å². The van der Waals surface area contributed by atoms with Crippen LogP contribution in [0.15, 0.2) is 24.3 Å². The maximum absolute atomic E-state index is 10.9. The summed E-state index contributed by atoms with van der Waals surface area (Å²) in [6.07, 6.45) is 6.67. The second-order valence-electron chi connectivity index (χ2n) is 6.58. The number of carboxylic acid groups (broad SMARTS) is 1. The zero-order valence-corrected chi connectivity index (χ0v) is 13.8. The van der Waals surface area contributed by atoms with Crippen LogP contribution in [-0.2, 0) is 11.2 Å². The first-order chi connectivity index (χ1) is 10.6. The van der Waals surface area contributed by atoms with Crippen molar-refractivity contribution < 1.29 is 14.6 Å². The number of unbranched alkanes of at least 4 members (excludes halogenated alkanes) is 3. The van der Waals surface area contributed by atoms with Crippen LogP contribution in [0.5, 0.6) is 5.75 Å². The van der Waals surface area contributed by atoms with Gasteiger partial charge < -0.3 is 9.84 Å². The van der Waals surface area contributed by atoms with Gasteiger partial charge in [0.1, 0.15) is 5.75 Å². The Morgan fingerprint density at radius 1 is 1.27 bits per heavy atom. The Hall–Kier alpha value is -1.51. The van der Waals surface area contributed by atoms with Gasteiger partial charge in [0.2, 0.25) is 0 Å². The van der Waals surface area contributed by atoms with Gasteiger partial charge in [-0.15, -0.1) is 0 Å². The highest BCUT2D eigenvalue weighted by Gasteiger charge is 2.45. The van der Waals surface area contributed by atoms with E-state index in [0.29, 0.717) is 11.8 Å². The molecule has 0 bridgehead atoms. The van der Waals surface area contributed by atoms with E-state index < -0.39 is 5.97 Å². The van der Waals surface area contributed by atoms with E-state index in [1.165, 1.54) is 24.8 Å². The molecular formula is C19H28O3. The van der Waals surface area contributed by atoms with E-state index in [0.717, 1.165) is 31.6 Å². The molecular weight excluding hydrogens is 276 g/mol. The summed E-state index contributed by atoms with van der Waals surface area (Å²) in [5.41, 5.74) is 1.27. The quantitative estimate of drug-likeness (QED) is 0.645. The van der Waals surface area contributed by atoms with Gasteiger partial charge in [-0.05, 0) is 48.8 Å². The Balaban J connectivity index is 1.71. The maximum atomic E-state index is 10.9. The Bertz CT molecular complexity index is 466. The average Bonchev–Trinajstić information content (AvgIpc) is 3.29. The summed E-state index contributed by atoms with van der Waals surface area (Å²) in [6, 6.07) is 8.28. The molecule has 1 fully saturated rings. The van der Waals surface area contributed by atoms with Crippen LogP contribution in [0.3, 0.4) is 0 Å². The third-order valence-corrected chi connectivity index (χ3v) is 4.64. The van der Waals surface area contributed by atoms with Crippen molar-refractivity contribution >= 4 is 5.97 Å². The topological polar surface area (TPSA) is 46.5 Å². The standard InChI is InChI=1S/C19H28O3/c1-3-4-5-6-11-22-16-9-7-15(8-10-16)12-14(2)17-13-18(17)19(20)21/h7-10,14,17-18H,3-6,11-13H2,1-2H3,(H,20,21). The van der Waals surface area contributed by atoms with Crippen molar-refractivity contribution in [1.29, 1.82) is 0 Å². The molecule has 1 aliphatic carbocycles. The van der Waals surface area contributed by atoms with E-state index >= 15 is 0 Å². The van der Waals surface area contributed by atoms with Gasteiger partial charge in [0.25, 0.3) is 0 Å². The zero-order chi connectivity index (χ0) is 15.9. The van der Waals surface area contributed by atoms with Crippen LogP contribution >= 0.6 is 0 Å². The minimum absolute atomic E-state index is 0.110. The predicted octanol–water partition coefficient (Wildman–Crippen LogP) is 4.55. The molecule has 2 rings (SSSR count). The smallest absolute Gasteiger partial charge is 0.306 e. The van der Waals surface area contributed by atoms with Gasteiger partial charge in [-0.2, -0.15) is 0 Å². The van der Waals surface area contributed by atoms with Crippen molar-refractivity contribution in [3.63, 3.8) is 0 Å². The lowest BCUT2D eigenvalue weighted by Gasteiger charge is -2.11. The summed E-state index contributed by atoms with van der Waals surface area (Å²) in [6.45, 7) is 5.16. The first-order valence-electron chi connectivity index (χ1n) is 8.56. The molecule has 1 aromatic rings. The van der Waals surface area contributed by atoms with E-state index in [-0.39, 0.29) is 5.92 Å². The van der Waals surface area contributed by atoms with Gasteiger partial charge in [0.15, 0.2) is 0 Å². The van der Waals surface area contributed by atoms with Crippen LogP contribution in [0.1, 0.15) is 51.5 Å². The zero-order valence-electron chi connectivity index (χ0n) is 13.8. The number of carbonyl (C=O) groups is 1. The molecule has 0 spiro atoms. The lowest BCUT2D eigenvalue weighted by atomic mass is 9.95. The largest absolute Gasteiger partial charge is 0.494 e. The Labute approximate surface area is 133 Å². The fourth-order valence-electron chi connectivity index (χ4n) is 3.09. The molecule has 1 aliphatic rings. The van der Waals surface area contributed by atoms with Crippen molar-refractivity contribution in [3.8, 4) is 5.75 Å². The van der Waals surface area contributed by atoms with E-state index in [4.69, 9.17) is 9.84 Å². The normalized spacial score (nSPS) is 21.4. The Kier molecular flexibility index (Phi) is 6.29. The molecule has 22 heavy (non-hydrogen) atoms. The molecule has 1 aromatic carbocycles. The third kappa shape index (κ3) is 5.04. The monoisotopic (exact) mass is 304 g/mol. The fraction of sp³-hybridized carbons (Fsp3) is 0.632. The van der Waals surface area contributed by atoms with Crippen molar-refractivity contribution in [2.45, 2.75) is 52.4 Å². The molecule has 1 saturated carbocycles. The molecule has 122 valence electrons. The van der Waals surface area contributed by atoms with Crippen molar-refractivity contribution in [2.24, 2.45) is 17.8 Å². The molecule has 0 aromatic heterocycles. The van der Waals surface area contributed by atoms with Crippen LogP contribution in [-0.4, -0.2) is 17.7 Å². The first-order valence-corrected chi connectivity index (χ1v) is 8.56. The summed E-state index contributed by atoms with van der Waals surface area (Å²) < 4.78 is 5.74. The highest BCUT2D eigenvalue weighted by Crippen LogP contribution is 2.45. The van der Waals surface area contributed by atoms with Crippen LogP contribution < -0.4 is 4.74 Å². The molecule has 0 heterocycles. The number of aliphatic carboxylic acids is 1. The molecule has 0 radical (unpaired) electrons. The lowest BCUT2D eigenvalue weighted by Crippen LogP contribution is -2.08. The predicted molar refractivity (Wildman–Crippen MR) is 88.2 cm³/mol. The molecule has 0 saturated heterocycles. The number of benzene rings is 1. The highest BCUT2D eigenvalue weighted by atomic mass is 16.5. The minimum Gasteiger partial charge on any atom is -0.494 e. The molecule has 3 heteroatoms. The summed E-state index contributed by atoms with van der Waals surface area (Å²) >= 11 is 0. The molecule has 0 amide bonds. The number of rotatable bonds is 10. The average molecular weight is 304 g/mol. The van der Waals surface area contributed by atoms with Crippen LogP contribution in [0.25, 0.3) is 0 Å². The highest BCUT2D eigenvalue weighted by molar-refractivity contribution is 5.73. The van der Waals surface area contributed by atoms with Gasteiger partial charge in [0, 0.05) is 0 Å². The van der Waals surface area contributed by atoms with Crippen LogP contribution in [0, 0.1) is 17.8 Å². The number of carboxylic acids is 1. The van der Waals surface area contributed by atoms with Gasteiger partial charge in [-0.3, -0.25) is 4.79 Å². The molecule has 0 aliphatic heterocycles. The Morgan fingerprint density at radius 2 is 2.00 bits per heavy atom. The van der Waals surface area contributed by atoms with Crippen molar-refractivity contribution in [1.82, 2.24) is 0 Å². The molecule has 3 atom stereocenters. The summed E-state index contributed by atoms with van der Waals surface area (Å²) in [5.74, 6) is 0.973. The van der Waals surface area contributed by atoms with Gasteiger partial charge in [-0.1, -0.05) is 45.2 Å². The molecule has 3 unspecified atom stereocenters. The van der Waals surface area contributed by atoms with E-state index in [1.54, 1.807) is 0 Å². The first kappa shape index (κ1) is 16.9. The summed E-state index contributed by atoms with van der Waals surface area (Å²) in [7, 11) is 0.